The summed E-state index contributed by atoms with van der Waals surface area (Å²) >= 11 is 0. The lowest BCUT2D eigenvalue weighted by Crippen LogP contribution is -2.50. The van der Waals surface area contributed by atoms with E-state index in [9.17, 15) is 0 Å². The predicted molar refractivity (Wildman–Crippen MR) is 81.6 cm³/mol. The molecule has 2 heteroatoms. The fourth-order valence-corrected chi connectivity index (χ4v) is 3.74. The molecule has 2 aliphatic rings. The van der Waals surface area contributed by atoms with Crippen molar-refractivity contribution in [1.29, 1.82) is 0 Å². The highest BCUT2D eigenvalue weighted by molar-refractivity contribution is 5.36. The van der Waals surface area contributed by atoms with Gasteiger partial charge < -0.3 is 5.32 Å². The van der Waals surface area contributed by atoms with E-state index in [0.29, 0.717) is 12.1 Å². The molecular weight excluding hydrogens is 244 g/mol. The smallest absolute Gasteiger partial charge is 0.0482 e. The van der Waals surface area contributed by atoms with Crippen LogP contribution in [0.3, 0.4) is 0 Å². The highest BCUT2D eigenvalue weighted by Gasteiger charge is 2.35. The first-order valence-corrected chi connectivity index (χ1v) is 7.53. The lowest BCUT2D eigenvalue weighted by atomic mass is 9.84. The normalized spacial score (nSPS) is 25.8. The average molecular weight is 264 g/mol. The molecule has 0 spiro atoms. The standard InChI is InChI=1S/C18H20N2/c1-2-6-14(7-3-1)17-12-15-8-4-5-9-16(15)18-13-19-10-11-20(17)18/h1-9,17-19H,10-13H2. The molecule has 2 aliphatic heterocycles. The fraction of sp³-hybridized carbons (Fsp3) is 0.333. The molecule has 0 radical (unpaired) electrons. The Morgan fingerprint density at radius 3 is 2.60 bits per heavy atom. The summed E-state index contributed by atoms with van der Waals surface area (Å²) in [7, 11) is 0. The molecule has 0 saturated carbocycles. The van der Waals surface area contributed by atoms with E-state index >= 15 is 0 Å². The van der Waals surface area contributed by atoms with E-state index in [4.69, 9.17) is 0 Å². The maximum atomic E-state index is 3.56. The minimum absolute atomic E-state index is 0.526. The summed E-state index contributed by atoms with van der Waals surface area (Å²) in [6.45, 7) is 3.31. The zero-order chi connectivity index (χ0) is 13.4. The number of fused-ring (bicyclic) bond motifs is 3. The van der Waals surface area contributed by atoms with Crippen molar-refractivity contribution in [2.45, 2.75) is 18.5 Å². The molecule has 0 amide bonds. The van der Waals surface area contributed by atoms with Gasteiger partial charge in [-0.2, -0.15) is 0 Å². The second-order valence-corrected chi connectivity index (χ2v) is 5.79. The first-order valence-electron chi connectivity index (χ1n) is 7.53. The van der Waals surface area contributed by atoms with Gasteiger partial charge >= 0.3 is 0 Å². The summed E-state index contributed by atoms with van der Waals surface area (Å²) in [5.74, 6) is 0. The first kappa shape index (κ1) is 12.1. The number of piperazine rings is 1. The van der Waals surface area contributed by atoms with Crippen LogP contribution in [-0.4, -0.2) is 24.5 Å². The van der Waals surface area contributed by atoms with Crippen LogP contribution in [0.1, 0.15) is 28.8 Å². The number of nitrogens with one attached hydrogen (secondary N) is 1. The Kier molecular flexibility index (Phi) is 3.06. The zero-order valence-corrected chi connectivity index (χ0v) is 11.6. The van der Waals surface area contributed by atoms with E-state index in [-0.39, 0.29) is 0 Å². The summed E-state index contributed by atoms with van der Waals surface area (Å²) in [6.07, 6.45) is 1.14. The minimum atomic E-state index is 0.526. The van der Waals surface area contributed by atoms with Crippen LogP contribution in [0.25, 0.3) is 0 Å². The molecule has 1 fully saturated rings. The summed E-state index contributed by atoms with van der Waals surface area (Å²) in [5, 5.41) is 3.56. The van der Waals surface area contributed by atoms with Gasteiger partial charge in [-0.05, 0) is 23.1 Å². The van der Waals surface area contributed by atoms with Gasteiger partial charge in [-0.15, -0.1) is 0 Å². The number of benzene rings is 2. The van der Waals surface area contributed by atoms with Gasteiger partial charge in [0.1, 0.15) is 0 Å². The van der Waals surface area contributed by atoms with Gasteiger partial charge in [0.15, 0.2) is 0 Å². The van der Waals surface area contributed by atoms with E-state index in [2.05, 4.69) is 64.8 Å². The molecule has 2 nitrogen and oxygen atoms in total. The van der Waals surface area contributed by atoms with Crippen molar-refractivity contribution >= 4 is 0 Å². The van der Waals surface area contributed by atoms with Gasteiger partial charge in [-0.1, -0.05) is 54.6 Å². The first-order chi connectivity index (χ1) is 9.93. The van der Waals surface area contributed by atoms with Gasteiger partial charge in [0.2, 0.25) is 0 Å². The Balaban J connectivity index is 1.78. The van der Waals surface area contributed by atoms with Crippen molar-refractivity contribution in [2.75, 3.05) is 19.6 Å². The van der Waals surface area contributed by atoms with Crippen molar-refractivity contribution in [3.05, 3.63) is 71.3 Å². The highest BCUT2D eigenvalue weighted by atomic mass is 15.2. The summed E-state index contributed by atoms with van der Waals surface area (Å²) in [5.41, 5.74) is 4.49. The van der Waals surface area contributed by atoms with Gasteiger partial charge in [-0.25, -0.2) is 0 Å². The topological polar surface area (TPSA) is 15.3 Å². The number of hydrogen-bond acceptors (Lipinski definition) is 2. The molecule has 2 unspecified atom stereocenters. The predicted octanol–water partition coefficient (Wildman–Crippen LogP) is 2.93. The van der Waals surface area contributed by atoms with Crippen LogP contribution in [0.2, 0.25) is 0 Å². The summed E-state index contributed by atoms with van der Waals surface area (Å²) in [4.78, 5) is 2.69. The van der Waals surface area contributed by atoms with Gasteiger partial charge in [0, 0.05) is 31.7 Å². The van der Waals surface area contributed by atoms with E-state index < -0.39 is 0 Å². The molecule has 0 bridgehead atoms. The second-order valence-electron chi connectivity index (χ2n) is 5.79. The van der Waals surface area contributed by atoms with Crippen LogP contribution in [0.4, 0.5) is 0 Å². The Morgan fingerprint density at radius 1 is 0.900 bits per heavy atom. The zero-order valence-electron chi connectivity index (χ0n) is 11.6. The van der Waals surface area contributed by atoms with Crippen LogP contribution in [-0.2, 0) is 6.42 Å². The quantitative estimate of drug-likeness (QED) is 0.852. The maximum Gasteiger partial charge on any atom is 0.0482 e. The second kappa shape index (κ2) is 5.04. The van der Waals surface area contributed by atoms with Crippen LogP contribution in [0.15, 0.2) is 54.6 Å². The van der Waals surface area contributed by atoms with Crippen molar-refractivity contribution in [3.8, 4) is 0 Å². The molecule has 2 atom stereocenters. The third-order valence-electron chi connectivity index (χ3n) is 4.70. The molecule has 102 valence electrons. The number of rotatable bonds is 1. The van der Waals surface area contributed by atoms with E-state index in [1.165, 1.54) is 16.7 Å². The molecule has 2 heterocycles. The van der Waals surface area contributed by atoms with Crippen LogP contribution >= 0.6 is 0 Å². The lowest BCUT2D eigenvalue weighted by Gasteiger charge is -2.46. The monoisotopic (exact) mass is 264 g/mol. The minimum Gasteiger partial charge on any atom is -0.314 e. The average Bonchev–Trinajstić information content (AvgIpc) is 2.55. The Labute approximate surface area is 120 Å². The molecule has 4 rings (SSSR count). The van der Waals surface area contributed by atoms with E-state index in [1.807, 2.05) is 0 Å². The van der Waals surface area contributed by atoms with E-state index in [0.717, 1.165) is 26.1 Å². The summed E-state index contributed by atoms with van der Waals surface area (Å²) < 4.78 is 0. The summed E-state index contributed by atoms with van der Waals surface area (Å²) in [6, 6.07) is 21.0. The largest absolute Gasteiger partial charge is 0.314 e. The molecule has 1 N–H and O–H groups in total. The van der Waals surface area contributed by atoms with E-state index in [1.54, 1.807) is 0 Å². The molecule has 0 aliphatic carbocycles. The molecule has 2 aromatic rings. The molecular formula is C18H20N2. The Hall–Kier alpha value is -1.64. The molecule has 20 heavy (non-hydrogen) atoms. The Bertz CT molecular complexity index is 593. The van der Waals surface area contributed by atoms with Crippen LogP contribution < -0.4 is 5.32 Å². The maximum absolute atomic E-state index is 3.56. The third kappa shape index (κ3) is 1.96. The van der Waals surface area contributed by atoms with Gasteiger partial charge in [0.05, 0.1) is 0 Å². The fourth-order valence-electron chi connectivity index (χ4n) is 3.74. The Morgan fingerprint density at radius 2 is 1.70 bits per heavy atom. The van der Waals surface area contributed by atoms with Crippen LogP contribution in [0.5, 0.6) is 0 Å². The number of nitrogens with zero attached hydrogens (tertiary/aromatic N) is 1. The lowest BCUT2D eigenvalue weighted by molar-refractivity contribution is 0.0917. The molecule has 2 aromatic carbocycles. The number of hydrogen-bond donors (Lipinski definition) is 1. The molecule has 1 saturated heterocycles. The highest BCUT2D eigenvalue weighted by Crippen LogP contribution is 2.40. The van der Waals surface area contributed by atoms with Crippen molar-refractivity contribution < 1.29 is 0 Å². The molecule has 0 aromatic heterocycles. The van der Waals surface area contributed by atoms with Crippen molar-refractivity contribution in [3.63, 3.8) is 0 Å². The van der Waals surface area contributed by atoms with Gasteiger partial charge in [0.25, 0.3) is 0 Å². The van der Waals surface area contributed by atoms with Crippen molar-refractivity contribution in [1.82, 2.24) is 10.2 Å². The van der Waals surface area contributed by atoms with Crippen LogP contribution in [0, 0.1) is 0 Å². The van der Waals surface area contributed by atoms with Gasteiger partial charge in [-0.3, -0.25) is 4.90 Å². The SMILES string of the molecule is c1ccc(C2Cc3ccccc3C3CNCCN23)cc1. The van der Waals surface area contributed by atoms with Crippen molar-refractivity contribution in [2.24, 2.45) is 0 Å². The third-order valence-corrected chi connectivity index (χ3v) is 4.70.